The summed E-state index contributed by atoms with van der Waals surface area (Å²) in [6.45, 7) is 0. The summed E-state index contributed by atoms with van der Waals surface area (Å²) in [7, 11) is 0. The first-order chi connectivity index (χ1) is 16.4. The van der Waals surface area contributed by atoms with Gasteiger partial charge in [-0.15, -0.1) is 0 Å². The van der Waals surface area contributed by atoms with Crippen LogP contribution in [0.4, 0.5) is 0 Å². The average Bonchev–Trinajstić information content (AvgIpc) is 3.29. The van der Waals surface area contributed by atoms with Crippen LogP contribution in [0.2, 0.25) is 0 Å². The standard InChI is InChI=1S/C31H22N2/c1-2-8-21(9-3-1)22-14-16-23(17-15-22)24-18-19-25-26-10-4-6-12-29(26)33-30-13-7-5-11-28(30)32-31(33)27(25)20-24/h1-20,26,29H. The maximum atomic E-state index is 5.08. The summed E-state index contributed by atoms with van der Waals surface area (Å²) in [6, 6.07) is 35.0. The van der Waals surface area contributed by atoms with E-state index < -0.39 is 0 Å². The lowest BCUT2D eigenvalue weighted by molar-refractivity contribution is 0.548. The molecule has 7 rings (SSSR count). The van der Waals surface area contributed by atoms with Crippen LogP contribution in [-0.4, -0.2) is 9.55 Å². The molecular weight excluding hydrogens is 400 g/mol. The van der Waals surface area contributed by atoms with Gasteiger partial charge < -0.3 is 4.57 Å². The van der Waals surface area contributed by atoms with Crippen molar-refractivity contribution in [2.24, 2.45) is 0 Å². The van der Waals surface area contributed by atoms with Crippen LogP contribution in [0.15, 0.2) is 121 Å². The van der Waals surface area contributed by atoms with Gasteiger partial charge in [0.2, 0.25) is 0 Å². The number of allylic oxidation sites excluding steroid dienone is 4. The molecule has 0 N–H and O–H groups in total. The topological polar surface area (TPSA) is 17.8 Å². The summed E-state index contributed by atoms with van der Waals surface area (Å²) in [5, 5.41) is 0. The molecule has 1 aliphatic heterocycles. The molecule has 2 nitrogen and oxygen atoms in total. The van der Waals surface area contributed by atoms with E-state index in [9.17, 15) is 0 Å². The summed E-state index contributed by atoms with van der Waals surface area (Å²) in [6.07, 6.45) is 8.97. The van der Waals surface area contributed by atoms with Crippen LogP contribution in [-0.2, 0) is 0 Å². The van der Waals surface area contributed by atoms with Crippen molar-refractivity contribution in [3.05, 3.63) is 127 Å². The van der Waals surface area contributed by atoms with E-state index in [4.69, 9.17) is 4.98 Å². The highest BCUT2D eigenvalue weighted by atomic mass is 15.1. The third-order valence-electron chi connectivity index (χ3n) is 6.98. The predicted molar refractivity (Wildman–Crippen MR) is 136 cm³/mol. The van der Waals surface area contributed by atoms with E-state index in [2.05, 4.69) is 126 Å². The monoisotopic (exact) mass is 422 g/mol. The summed E-state index contributed by atoms with van der Waals surface area (Å²) in [5.74, 6) is 1.39. The van der Waals surface area contributed by atoms with Gasteiger partial charge in [0.1, 0.15) is 5.82 Å². The third kappa shape index (κ3) is 2.84. The number of aromatic nitrogens is 2. The Hall–Kier alpha value is -4.17. The van der Waals surface area contributed by atoms with Crippen LogP contribution in [0.5, 0.6) is 0 Å². The Morgan fingerprint density at radius 3 is 2.12 bits per heavy atom. The number of imidazole rings is 1. The molecular formula is C31H22N2. The van der Waals surface area contributed by atoms with Crippen molar-refractivity contribution >= 4 is 11.0 Å². The van der Waals surface area contributed by atoms with Crippen LogP contribution in [0.3, 0.4) is 0 Å². The molecule has 0 fully saturated rings. The van der Waals surface area contributed by atoms with Gasteiger partial charge in [-0.25, -0.2) is 4.98 Å². The number of para-hydroxylation sites is 2. The van der Waals surface area contributed by atoms with Gasteiger partial charge in [-0.3, -0.25) is 0 Å². The Morgan fingerprint density at radius 2 is 1.27 bits per heavy atom. The van der Waals surface area contributed by atoms with Gasteiger partial charge in [-0.2, -0.15) is 0 Å². The summed E-state index contributed by atoms with van der Waals surface area (Å²) >= 11 is 0. The van der Waals surface area contributed by atoms with Gasteiger partial charge in [0.05, 0.1) is 17.1 Å². The molecule has 1 aliphatic carbocycles. The van der Waals surface area contributed by atoms with E-state index in [1.165, 1.54) is 38.9 Å². The molecule has 4 aromatic carbocycles. The van der Waals surface area contributed by atoms with Crippen LogP contribution in [0.25, 0.3) is 44.7 Å². The van der Waals surface area contributed by atoms with Crippen molar-refractivity contribution in [1.82, 2.24) is 9.55 Å². The molecule has 2 aliphatic rings. The Bertz CT molecular complexity index is 1550. The van der Waals surface area contributed by atoms with Crippen molar-refractivity contribution in [2.75, 3.05) is 0 Å². The van der Waals surface area contributed by atoms with Gasteiger partial charge >= 0.3 is 0 Å². The van der Waals surface area contributed by atoms with E-state index in [1.54, 1.807) is 0 Å². The fraction of sp³-hybridized carbons (Fsp3) is 0.0645. The fourth-order valence-corrected chi connectivity index (χ4v) is 5.37. The lowest BCUT2D eigenvalue weighted by atomic mass is 9.81. The minimum atomic E-state index is 0.265. The van der Waals surface area contributed by atoms with Gasteiger partial charge in [0.15, 0.2) is 0 Å². The zero-order valence-electron chi connectivity index (χ0n) is 18.1. The molecule has 2 atom stereocenters. The van der Waals surface area contributed by atoms with Crippen LogP contribution in [0, 0.1) is 0 Å². The Morgan fingerprint density at radius 1 is 0.606 bits per heavy atom. The first-order valence-electron chi connectivity index (χ1n) is 11.5. The summed E-state index contributed by atoms with van der Waals surface area (Å²) in [5.41, 5.74) is 9.77. The Balaban J connectivity index is 1.37. The highest BCUT2D eigenvalue weighted by Crippen LogP contribution is 2.47. The zero-order valence-corrected chi connectivity index (χ0v) is 18.1. The lowest BCUT2D eigenvalue weighted by Crippen LogP contribution is -2.22. The van der Waals surface area contributed by atoms with Crippen molar-refractivity contribution in [2.45, 2.75) is 12.0 Å². The largest absolute Gasteiger partial charge is 0.316 e. The number of benzene rings is 4. The second-order valence-corrected chi connectivity index (χ2v) is 8.83. The van der Waals surface area contributed by atoms with E-state index in [0.717, 1.165) is 11.3 Å². The summed E-state index contributed by atoms with van der Waals surface area (Å²) in [4.78, 5) is 5.08. The second kappa shape index (κ2) is 7.18. The molecule has 0 amide bonds. The van der Waals surface area contributed by atoms with Crippen molar-refractivity contribution in [3.63, 3.8) is 0 Å². The highest BCUT2D eigenvalue weighted by Gasteiger charge is 2.34. The van der Waals surface area contributed by atoms with E-state index >= 15 is 0 Å². The van der Waals surface area contributed by atoms with Gasteiger partial charge in [0.25, 0.3) is 0 Å². The molecule has 0 saturated carbocycles. The van der Waals surface area contributed by atoms with Crippen LogP contribution in [0.1, 0.15) is 17.5 Å². The number of fused-ring (bicyclic) bond motifs is 8. The van der Waals surface area contributed by atoms with E-state index in [0.29, 0.717) is 5.92 Å². The molecule has 0 spiro atoms. The van der Waals surface area contributed by atoms with Crippen molar-refractivity contribution in [1.29, 1.82) is 0 Å². The van der Waals surface area contributed by atoms with Crippen LogP contribution >= 0.6 is 0 Å². The lowest BCUT2D eigenvalue weighted by Gasteiger charge is -2.34. The first kappa shape index (κ1) is 18.4. The highest BCUT2D eigenvalue weighted by molar-refractivity contribution is 5.85. The Kier molecular flexibility index (Phi) is 4.00. The molecule has 33 heavy (non-hydrogen) atoms. The van der Waals surface area contributed by atoms with Crippen LogP contribution < -0.4 is 0 Å². The zero-order chi connectivity index (χ0) is 21.8. The number of hydrogen-bond donors (Lipinski definition) is 0. The summed E-state index contributed by atoms with van der Waals surface area (Å²) < 4.78 is 2.42. The molecule has 2 heterocycles. The smallest absolute Gasteiger partial charge is 0.142 e. The van der Waals surface area contributed by atoms with Crippen molar-refractivity contribution in [3.8, 4) is 33.6 Å². The number of hydrogen-bond acceptors (Lipinski definition) is 1. The van der Waals surface area contributed by atoms with Gasteiger partial charge in [0, 0.05) is 11.5 Å². The average molecular weight is 423 g/mol. The molecule has 5 aromatic rings. The van der Waals surface area contributed by atoms with Crippen molar-refractivity contribution < 1.29 is 0 Å². The third-order valence-corrected chi connectivity index (χ3v) is 6.98. The number of nitrogens with zero attached hydrogens (tertiary/aromatic N) is 2. The quantitative estimate of drug-likeness (QED) is 0.284. The SMILES string of the molecule is C1=CC2c3ccc(-c4ccc(-c5ccccc5)cc4)cc3-c3nc4ccccc4n3C2C=C1. The minimum Gasteiger partial charge on any atom is -0.316 e. The van der Waals surface area contributed by atoms with E-state index in [-0.39, 0.29) is 6.04 Å². The maximum Gasteiger partial charge on any atom is 0.142 e. The van der Waals surface area contributed by atoms with Gasteiger partial charge in [-0.1, -0.05) is 103 Å². The Labute approximate surface area is 193 Å². The fourth-order valence-electron chi connectivity index (χ4n) is 5.37. The number of rotatable bonds is 2. The first-order valence-corrected chi connectivity index (χ1v) is 11.5. The maximum absolute atomic E-state index is 5.08. The molecule has 156 valence electrons. The molecule has 2 unspecified atom stereocenters. The molecule has 0 saturated heterocycles. The second-order valence-electron chi connectivity index (χ2n) is 8.83. The molecule has 2 heteroatoms. The molecule has 0 bridgehead atoms. The normalized spacial score (nSPS) is 18.1. The van der Waals surface area contributed by atoms with E-state index in [1.807, 2.05) is 0 Å². The predicted octanol–water partition coefficient (Wildman–Crippen LogP) is 7.80. The van der Waals surface area contributed by atoms with Gasteiger partial charge in [-0.05, 0) is 46.0 Å². The molecule has 0 radical (unpaired) electrons. The minimum absolute atomic E-state index is 0.265. The molecule has 1 aromatic heterocycles.